The highest BCUT2D eigenvalue weighted by atomic mass is 79.9. The van der Waals surface area contributed by atoms with Crippen LogP contribution in [0.15, 0.2) is 22.7 Å². The first-order chi connectivity index (χ1) is 9.15. The van der Waals surface area contributed by atoms with E-state index in [2.05, 4.69) is 58.3 Å². The molecule has 1 aliphatic rings. The fraction of sp³-hybridized carbons (Fsp3) is 0.625. The van der Waals surface area contributed by atoms with Crippen LogP contribution in [0.3, 0.4) is 0 Å². The van der Waals surface area contributed by atoms with E-state index in [9.17, 15) is 0 Å². The molecule has 0 aromatic heterocycles. The third kappa shape index (κ3) is 4.90. The fourth-order valence-corrected chi connectivity index (χ4v) is 3.16. The van der Waals surface area contributed by atoms with Crippen LogP contribution in [0.1, 0.15) is 30.4 Å². The first kappa shape index (κ1) is 15.0. The molecule has 0 aliphatic carbocycles. The van der Waals surface area contributed by atoms with Gasteiger partial charge in [0.2, 0.25) is 0 Å². The van der Waals surface area contributed by atoms with Gasteiger partial charge >= 0.3 is 0 Å². The minimum absolute atomic E-state index is 0.875. The highest BCUT2D eigenvalue weighted by Crippen LogP contribution is 2.19. The number of hydrogen-bond donors (Lipinski definition) is 1. The van der Waals surface area contributed by atoms with E-state index in [-0.39, 0.29) is 0 Å². The van der Waals surface area contributed by atoms with Crippen LogP contribution in [-0.4, -0.2) is 31.6 Å². The van der Waals surface area contributed by atoms with Crippen molar-refractivity contribution in [1.29, 1.82) is 0 Å². The summed E-state index contributed by atoms with van der Waals surface area (Å²) in [7, 11) is 2.23. The number of rotatable bonds is 5. The van der Waals surface area contributed by atoms with E-state index in [0.29, 0.717) is 0 Å². The Bertz CT molecular complexity index is 400. The number of nitrogens with zero attached hydrogens (tertiary/aromatic N) is 1. The summed E-state index contributed by atoms with van der Waals surface area (Å²) in [6, 6.07) is 6.55. The van der Waals surface area contributed by atoms with Crippen LogP contribution in [-0.2, 0) is 6.54 Å². The van der Waals surface area contributed by atoms with Crippen molar-refractivity contribution in [3.63, 3.8) is 0 Å². The molecule has 1 fully saturated rings. The minimum atomic E-state index is 0.875. The second kappa shape index (κ2) is 7.41. The molecule has 106 valence electrons. The van der Waals surface area contributed by atoms with Gasteiger partial charge in [0.25, 0.3) is 0 Å². The Kier molecular flexibility index (Phi) is 5.86. The summed E-state index contributed by atoms with van der Waals surface area (Å²) < 4.78 is 1.18. The molecule has 1 saturated heterocycles. The molecule has 2 nitrogen and oxygen atoms in total. The van der Waals surface area contributed by atoms with Crippen LogP contribution in [0.5, 0.6) is 0 Å². The molecule has 1 N–H and O–H groups in total. The van der Waals surface area contributed by atoms with Gasteiger partial charge in [0.05, 0.1) is 0 Å². The van der Waals surface area contributed by atoms with Gasteiger partial charge < -0.3 is 10.2 Å². The fourth-order valence-electron chi connectivity index (χ4n) is 2.75. The lowest BCUT2D eigenvalue weighted by Gasteiger charge is -2.25. The zero-order valence-corrected chi connectivity index (χ0v) is 13.7. The predicted molar refractivity (Wildman–Crippen MR) is 85.4 cm³/mol. The molecule has 1 atom stereocenters. The van der Waals surface area contributed by atoms with E-state index in [4.69, 9.17) is 0 Å². The van der Waals surface area contributed by atoms with Gasteiger partial charge in [0.1, 0.15) is 0 Å². The Morgan fingerprint density at radius 3 is 3.00 bits per heavy atom. The van der Waals surface area contributed by atoms with E-state index in [1.807, 2.05) is 0 Å². The number of halogens is 1. The molecule has 19 heavy (non-hydrogen) atoms. The first-order valence-corrected chi connectivity index (χ1v) is 8.09. The van der Waals surface area contributed by atoms with Gasteiger partial charge in [-0.2, -0.15) is 0 Å². The van der Waals surface area contributed by atoms with Crippen LogP contribution in [0.2, 0.25) is 0 Å². The van der Waals surface area contributed by atoms with Crippen molar-refractivity contribution in [3.05, 3.63) is 33.8 Å². The molecule has 1 heterocycles. The zero-order chi connectivity index (χ0) is 13.7. The largest absolute Gasteiger partial charge is 0.316 e. The lowest BCUT2D eigenvalue weighted by Crippen LogP contribution is -2.32. The van der Waals surface area contributed by atoms with Crippen molar-refractivity contribution < 1.29 is 0 Å². The van der Waals surface area contributed by atoms with E-state index < -0.39 is 0 Å². The van der Waals surface area contributed by atoms with Gasteiger partial charge in [-0.15, -0.1) is 0 Å². The topological polar surface area (TPSA) is 15.3 Å². The smallest absolute Gasteiger partial charge is 0.0233 e. The van der Waals surface area contributed by atoms with Crippen molar-refractivity contribution >= 4 is 15.9 Å². The second-order valence-corrected chi connectivity index (χ2v) is 6.73. The van der Waals surface area contributed by atoms with Gasteiger partial charge in [-0.25, -0.2) is 0 Å². The summed E-state index contributed by atoms with van der Waals surface area (Å²) in [6.45, 7) is 6.86. The standard InChI is InChI=1S/C16H25BrN2/c1-13-5-6-16(17)10-15(13)12-19(2)9-7-14-4-3-8-18-11-14/h5-6,10,14,18H,3-4,7-9,11-12H2,1-2H3. The number of aryl methyl sites for hydroxylation is 1. The molecule has 0 bridgehead atoms. The number of piperidine rings is 1. The highest BCUT2D eigenvalue weighted by molar-refractivity contribution is 9.10. The van der Waals surface area contributed by atoms with Gasteiger partial charge in [-0.1, -0.05) is 22.0 Å². The molecule has 3 heteroatoms. The van der Waals surface area contributed by atoms with Crippen LogP contribution in [0.4, 0.5) is 0 Å². The number of benzene rings is 1. The van der Waals surface area contributed by atoms with Crippen molar-refractivity contribution in [3.8, 4) is 0 Å². The second-order valence-electron chi connectivity index (χ2n) is 5.81. The van der Waals surface area contributed by atoms with E-state index in [1.165, 1.54) is 54.5 Å². The Hall–Kier alpha value is -0.380. The molecule has 1 aromatic rings. The van der Waals surface area contributed by atoms with E-state index in [1.54, 1.807) is 0 Å². The van der Waals surface area contributed by atoms with E-state index in [0.717, 1.165) is 12.5 Å². The van der Waals surface area contributed by atoms with Gasteiger partial charge in [0, 0.05) is 11.0 Å². The molecule has 1 aromatic carbocycles. The van der Waals surface area contributed by atoms with Crippen LogP contribution in [0, 0.1) is 12.8 Å². The SMILES string of the molecule is Cc1ccc(Br)cc1CN(C)CCC1CCCNC1. The summed E-state index contributed by atoms with van der Waals surface area (Å²) in [5.41, 5.74) is 2.81. The van der Waals surface area contributed by atoms with Gasteiger partial charge in [-0.3, -0.25) is 0 Å². The molecule has 0 saturated carbocycles. The van der Waals surface area contributed by atoms with Crippen molar-refractivity contribution in [2.24, 2.45) is 5.92 Å². The van der Waals surface area contributed by atoms with Gasteiger partial charge in [0.15, 0.2) is 0 Å². The molecular formula is C16H25BrN2. The quantitative estimate of drug-likeness (QED) is 0.890. The van der Waals surface area contributed by atoms with Crippen LogP contribution >= 0.6 is 15.9 Å². The average molecular weight is 325 g/mol. The normalized spacial score (nSPS) is 19.9. The molecule has 1 aliphatic heterocycles. The highest BCUT2D eigenvalue weighted by Gasteiger charge is 2.13. The van der Waals surface area contributed by atoms with Crippen LogP contribution in [0.25, 0.3) is 0 Å². The maximum atomic E-state index is 3.56. The lowest BCUT2D eigenvalue weighted by molar-refractivity contribution is 0.268. The lowest BCUT2D eigenvalue weighted by atomic mass is 9.96. The Labute approximate surface area is 125 Å². The number of nitrogens with one attached hydrogen (secondary N) is 1. The van der Waals surface area contributed by atoms with Crippen molar-refractivity contribution in [2.75, 3.05) is 26.7 Å². The number of hydrogen-bond acceptors (Lipinski definition) is 2. The monoisotopic (exact) mass is 324 g/mol. The summed E-state index contributed by atoms with van der Waals surface area (Å²) in [5, 5.41) is 3.50. The van der Waals surface area contributed by atoms with Crippen molar-refractivity contribution in [2.45, 2.75) is 32.7 Å². The Morgan fingerprint density at radius 2 is 2.26 bits per heavy atom. The molecule has 2 rings (SSSR count). The Balaban J connectivity index is 1.80. The van der Waals surface area contributed by atoms with Gasteiger partial charge in [-0.05, 0) is 82.0 Å². The van der Waals surface area contributed by atoms with Crippen LogP contribution < -0.4 is 5.32 Å². The molecular weight excluding hydrogens is 300 g/mol. The Morgan fingerprint density at radius 1 is 1.42 bits per heavy atom. The summed E-state index contributed by atoms with van der Waals surface area (Å²) in [4.78, 5) is 2.45. The molecule has 0 radical (unpaired) electrons. The predicted octanol–water partition coefficient (Wildman–Crippen LogP) is 3.58. The minimum Gasteiger partial charge on any atom is -0.316 e. The molecule has 1 unspecified atom stereocenters. The maximum Gasteiger partial charge on any atom is 0.0233 e. The molecule has 0 spiro atoms. The average Bonchev–Trinajstić information content (AvgIpc) is 2.42. The maximum absolute atomic E-state index is 3.56. The van der Waals surface area contributed by atoms with Crippen molar-refractivity contribution in [1.82, 2.24) is 10.2 Å². The van der Waals surface area contributed by atoms with E-state index >= 15 is 0 Å². The summed E-state index contributed by atoms with van der Waals surface area (Å²) in [5.74, 6) is 0.875. The summed E-state index contributed by atoms with van der Waals surface area (Å²) in [6.07, 6.45) is 4.06. The third-order valence-electron chi connectivity index (χ3n) is 4.07. The third-order valence-corrected chi connectivity index (χ3v) is 4.56. The zero-order valence-electron chi connectivity index (χ0n) is 12.1. The molecule has 0 amide bonds. The first-order valence-electron chi connectivity index (χ1n) is 7.29. The summed E-state index contributed by atoms with van der Waals surface area (Å²) >= 11 is 3.56.